The number of amides is 1. The van der Waals surface area contributed by atoms with Crippen LogP contribution in [0.4, 0.5) is 0 Å². The molecule has 1 amide bonds. The molecule has 0 spiro atoms. The molecule has 1 aliphatic carbocycles. The van der Waals surface area contributed by atoms with Gasteiger partial charge in [-0.05, 0) is 25.3 Å². The van der Waals surface area contributed by atoms with E-state index in [1.165, 1.54) is 0 Å². The smallest absolute Gasteiger partial charge is 0.240 e. The van der Waals surface area contributed by atoms with Crippen LogP contribution in [0.25, 0.3) is 0 Å². The first-order chi connectivity index (χ1) is 8.19. The summed E-state index contributed by atoms with van der Waals surface area (Å²) in [5.74, 6) is 0.812. The van der Waals surface area contributed by atoms with Crippen LogP contribution in [0.3, 0.4) is 0 Å². The number of hydrogen-bond acceptors (Lipinski definition) is 3. The van der Waals surface area contributed by atoms with Crippen molar-refractivity contribution in [3.63, 3.8) is 0 Å². The zero-order chi connectivity index (χ0) is 11.9. The van der Waals surface area contributed by atoms with E-state index >= 15 is 0 Å². The van der Waals surface area contributed by atoms with Gasteiger partial charge in [-0.15, -0.1) is 12.4 Å². The van der Waals surface area contributed by atoms with Crippen molar-refractivity contribution in [3.05, 3.63) is 29.8 Å². The monoisotopic (exact) mass is 268 g/mol. The zero-order valence-electron chi connectivity index (χ0n) is 10.0. The Morgan fingerprint density at radius 2 is 2.11 bits per heavy atom. The molecule has 1 aliphatic heterocycles. The molecule has 0 aromatic heterocycles. The van der Waals surface area contributed by atoms with Gasteiger partial charge in [0.15, 0.2) is 0 Å². The van der Waals surface area contributed by atoms with Crippen LogP contribution in [-0.2, 0) is 4.79 Å². The lowest BCUT2D eigenvalue weighted by atomic mass is 9.77. The summed E-state index contributed by atoms with van der Waals surface area (Å²) in [6, 6.07) is 7.73. The van der Waals surface area contributed by atoms with Gasteiger partial charge in [0.1, 0.15) is 12.4 Å². The fraction of sp³-hybridized carbons (Fsp3) is 0.462. The van der Waals surface area contributed by atoms with Gasteiger partial charge < -0.3 is 15.8 Å². The molecule has 2 aliphatic rings. The van der Waals surface area contributed by atoms with Gasteiger partial charge >= 0.3 is 0 Å². The number of halogens is 1. The molecule has 1 aromatic rings. The minimum atomic E-state index is -0.641. The minimum Gasteiger partial charge on any atom is -0.491 e. The summed E-state index contributed by atoms with van der Waals surface area (Å²) in [7, 11) is 0. The second-order valence-electron chi connectivity index (χ2n) is 4.88. The van der Waals surface area contributed by atoms with E-state index in [-0.39, 0.29) is 24.4 Å². The van der Waals surface area contributed by atoms with Gasteiger partial charge in [-0.1, -0.05) is 18.2 Å². The van der Waals surface area contributed by atoms with Crippen LogP contribution in [0.2, 0.25) is 0 Å². The van der Waals surface area contributed by atoms with Crippen LogP contribution in [0.15, 0.2) is 24.3 Å². The first-order valence-corrected chi connectivity index (χ1v) is 6.01. The predicted molar refractivity (Wildman–Crippen MR) is 70.8 cm³/mol. The molecule has 3 rings (SSSR count). The molecule has 98 valence electrons. The highest BCUT2D eigenvalue weighted by Crippen LogP contribution is 2.34. The highest BCUT2D eigenvalue weighted by atomic mass is 35.5. The third kappa shape index (κ3) is 2.06. The lowest BCUT2D eigenvalue weighted by Crippen LogP contribution is -2.59. The predicted octanol–water partition coefficient (Wildman–Crippen LogP) is 1.54. The van der Waals surface area contributed by atoms with E-state index in [0.29, 0.717) is 6.61 Å². The van der Waals surface area contributed by atoms with Crippen LogP contribution in [0.1, 0.15) is 30.9 Å². The van der Waals surface area contributed by atoms with Crippen molar-refractivity contribution in [2.45, 2.75) is 30.8 Å². The third-order valence-corrected chi connectivity index (χ3v) is 3.70. The van der Waals surface area contributed by atoms with Gasteiger partial charge in [-0.2, -0.15) is 0 Å². The number of fused-ring (bicyclic) bond motifs is 1. The average molecular weight is 269 g/mol. The van der Waals surface area contributed by atoms with E-state index in [1.807, 2.05) is 24.3 Å². The lowest BCUT2D eigenvalue weighted by molar-refractivity contribution is -0.130. The molecule has 3 N–H and O–H groups in total. The Bertz CT molecular complexity index is 460. The first kappa shape index (κ1) is 13.2. The fourth-order valence-corrected chi connectivity index (χ4v) is 2.37. The quantitative estimate of drug-likeness (QED) is 0.855. The third-order valence-electron chi connectivity index (χ3n) is 3.70. The van der Waals surface area contributed by atoms with Crippen LogP contribution in [0.5, 0.6) is 5.75 Å². The minimum absolute atomic E-state index is 0. The average Bonchev–Trinajstić information content (AvgIpc) is 2.70. The number of nitrogens with one attached hydrogen (secondary N) is 1. The van der Waals surface area contributed by atoms with Crippen LogP contribution < -0.4 is 15.8 Å². The molecule has 18 heavy (non-hydrogen) atoms. The van der Waals surface area contributed by atoms with E-state index in [0.717, 1.165) is 30.6 Å². The Morgan fingerprint density at radius 3 is 2.78 bits per heavy atom. The van der Waals surface area contributed by atoms with Crippen LogP contribution in [0, 0.1) is 0 Å². The maximum Gasteiger partial charge on any atom is 0.240 e. The number of carbonyl (C=O) groups excluding carboxylic acids is 1. The van der Waals surface area contributed by atoms with Gasteiger partial charge in [-0.25, -0.2) is 0 Å². The molecule has 1 atom stereocenters. The summed E-state index contributed by atoms with van der Waals surface area (Å²) in [4.78, 5) is 12.0. The summed E-state index contributed by atoms with van der Waals surface area (Å²) in [6.45, 7) is 0.501. The number of para-hydroxylation sites is 1. The summed E-state index contributed by atoms with van der Waals surface area (Å²) in [5.41, 5.74) is 6.40. The largest absolute Gasteiger partial charge is 0.491 e. The summed E-state index contributed by atoms with van der Waals surface area (Å²) >= 11 is 0. The Hall–Kier alpha value is -1.26. The molecular formula is C13H17ClN2O2. The first-order valence-electron chi connectivity index (χ1n) is 6.01. The molecule has 5 heteroatoms. The molecular weight excluding hydrogens is 252 g/mol. The van der Waals surface area contributed by atoms with E-state index in [4.69, 9.17) is 10.5 Å². The Kier molecular flexibility index (Phi) is 3.50. The Morgan fingerprint density at radius 1 is 1.39 bits per heavy atom. The Balaban J connectivity index is 0.00000120. The van der Waals surface area contributed by atoms with Crippen molar-refractivity contribution in [3.8, 4) is 5.75 Å². The molecule has 1 unspecified atom stereocenters. The maximum absolute atomic E-state index is 12.0. The van der Waals surface area contributed by atoms with E-state index in [1.54, 1.807) is 0 Å². The number of benzene rings is 1. The molecule has 1 saturated carbocycles. The van der Waals surface area contributed by atoms with E-state index in [9.17, 15) is 4.79 Å². The maximum atomic E-state index is 12.0. The molecule has 0 saturated heterocycles. The SMILES string of the molecule is Cl.NC1(C(=O)NC2COc3ccccc32)CCC1. The second-order valence-corrected chi connectivity index (χ2v) is 4.88. The molecule has 0 bridgehead atoms. The zero-order valence-corrected chi connectivity index (χ0v) is 10.8. The summed E-state index contributed by atoms with van der Waals surface area (Å²) in [6.07, 6.45) is 2.61. The van der Waals surface area contributed by atoms with Crippen molar-refractivity contribution < 1.29 is 9.53 Å². The standard InChI is InChI=1S/C13H16N2O2.ClH/c14-13(6-3-7-13)12(16)15-10-8-17-11-5-2-1-4-9(10)11;/h1-2,4-5,10H,3,6-8,14H2,(H,15,16);1H. The molecule has 1 heterocycles. The van der Waals surface area contributed by atoms with E-state index in [2.05, 4.69) is 5.32 Å². The topological polar surface area (TPSA) is 64.4 Å². The summed E-state index contributed by atoms with van der Waals surface area (Å²) < 4.78 is 5.52. The number of carbonyl (C=O) groups is 1. The van der Waals surface area contributed by atoms with Crippen LogP contribution >= 0.6 is 12.4 Å². The number of hydrogen-bond donors (Lipinski definition) is 2. The highest BCUT2D eigenvalue weighted by molar-refractivity contribution is 5.87. The van der Waals surface area contributed by atoms with Crippen molar-refractivity contribution in [2.24, 2.45) is 5.73 Å². The van der Waals surface area contributed by atoms with E-state index < -0.39 is 5.54 Å². The van der Waals surface area contributed by atoms with Crippen molar-refractivity contribution in [2.75, 3.05) is 6.61 Å². The molecule has 1 fully saturated rings. The second kappa shape index (κ2) is 4.78. The Labute approximate surface area is 112 Å². The normalized spacial score (nSPS) is 23.1. The van der Waals surface area contributed by atoms with Crippen molar-refractivity contribution >= 4 is 18.3 Å². The highest BCUT2D eigenvalue weighted by Gasteiger charge is 2.41. The summed E-state index contributed by atoms with van der Waals surface area (Å²) in [5, 5.41) is 2.99. The van der Waals surface area contributed by atoms with Crippen LogP contribution in [-0.4, -0.2) is 18.1 Å². The van der Waals surface area contributed by atoms with Gasteiger partial charge in [-0.3, -0.25) is 4.79 Å². The number of ether oxygens (including phenoxy) is 1. The number of rotatable bonds is 2. The molecule has 1 aromatic carbocycles. The molecule has 4 nitrogen and oxygen atoms in total. The molecule has 0 radical (unpaired) electrons. The fourth-order valence-electron chi connectivity index (χ4n) is 2.37. The van der Waals surface area contributed by atoms with Gasteiger partial charge in [0.05, 0.1) is 11.6 Å². The lowest BCUT2D eigenvalue weighted by Gasteiger charge is -2.36. The van der Waals surface area contributed by atoms with Crippen molar-refractivity contribution in [1.82, 2.24) is 5.32 Å². The van der Waals surface area contributed by atoms with Gasteiger partial charge in [0.2, 0.25) is 5.91 Å². The van der Waals surface area contributed by atoms with Crippen molar-refractivity contribution in [1.29, 1.82) is 0 Å². The van der Waals surface area contributed by atoms with Gasteiger partial charge in [0, 0.05) is 5.56 Å². The number of nitrogens with two attached hydrogens (primary N) is 1. The van der Waals surface area contributed by atoms with Gasteiger partial charge in [0.25, 0.3) is 0 Å².